The van der Waals surface area contributed by atoms with Gasteiger partial charge in [-0.25, -0.2) is 0 Å². The minimum atomic E-state index is -4.85. The third-order valence-corrected chi connectivity index (χ3v) is 12.2. The Hall–Kier alpha value is -5.29. The molecule has 3 aromatic carbocycles. The van der Waals surface area contributed by atoms with Gasteiger partial charge in [0, 0.05) is 77.6 Å². The maximum Gasteiger partial charge on any atom is 0.356 e. The minimum absolute atomic E-state index is 0.191. The van der Waals surface area contributed by atoms with Gasteiger partial charge in [-0.3, -0.25) is 13.7 Å². The first-order valence-corrected chi connectivity index (χ1v) is 21.2. The van der Waals surface area contributed by atoms with Gasteiger partial charge in [-0.05, 0) is 72.8 Å². The van der Waals surface area contributed by atoms with Gasteiger partial charge in [-0.2, -0.15) is 0 Å². The van der Waals surface area contributed by atoms with E-state index in [-0.39, 0.29) is 32.6 Å². The fourth-order valence-corrected chi connectivity index (χ4v) is 9.29. The Bertz CT molecular complexity index is 3030. The predicted octanol–water partition coefficient (Wildman–Crippen LogP) is 1.29. The molecule has 10 N–H and O–H groups in total. The lowest BCUT2D eigenvalue weighted by Crippen LogP contribution is -2.22. The van der Waals surface area contributed by atoms with Crippen molar-refractivity contribution in [3.63, 3.8) is 0 Å². The molecule has 7 aromatic rings. The second kappa shape index (κ2) is 13.2. The molecule has 0 spiro atoms. The highest BCUT2D eigenvalue weighted by molar-refractivity contribution is 7.61. The van der Waals surface area contributed by atoms with Crippen molar-refractivity contribution in [1.29, 1.82) is 0 Å². The maximum absolute atomic E-state index is 12.9. The summed E-state index contributed by atoms with van der Waals surface area (Å²) in [5, 5.41) is 1.35. The summed E-state index contributed by atoms with van der Waals surface area (Å²) in [4.78, 5) is 76.1. The molecule has 0 amide bonds. The number of hydrogen-bond donors (Lipinski definition) is 10. The van der Waals surface area contributed by atoms with E-state index in [1.54, 1.807) is 97.1 Å². The maximum atomic E-state index is 12.9. The van der Waals surface area contributed by atoms with E-state index in [1.807, 2.05) is 6.08 Å². The fourth-order valence-electron chi connectivity index (χ4n) is 6.95. The normalized spacial score (nSPS) is 13.6. The monoisotopic (exact) mass is 780 g/mol. The zero-order chi connectivity index (χ0) is 38.0. The van der Waals surface area contributed by atoms with E-state index < -0.39 is 22.8 Å². The van der Waals surface area contributed by atoms with Crippen LogP contribution in [0.5, 0.6) is 0 Å². The molecule has 272 valence electrons. The molecule has 8 rings (SSSR count). The van der Waals surface area contributed by atoms with Crippen LogP contribution in [-0.4, -0.2) is 49.3 Å². The van der Waals surface area contributed by atoms with Crippen molar-refractivity contribution in [3.8, 4) is 0 Å². The lowest BCUT2D eigenvalue weighted by atomic mass is 10.0. The summed E-state index contributed by atoms with van der Waals surface area (Å²) in [7, 11) is -14.4. The molecule has 13 nitrogen and oxygen atoms in total. The molecule has 8 bridgehead atoms. The minimum Gasteiger partial charge on any atom is -0.355 e. The van der Waals surface area contributed by atoms with Crippen molar-refractivity contribution in [2.24, 2.45) is 0 Å². The van der Waals surface area contributed by atoms with Crippen LogP contribution in [0.1, 0.15) is 39.5 Å². The van der Waals surface area contributed by atoms with Crippen LogP contribution < -0.4 is 37.3 Å². The standard InChI is InChI=1S/C38H31N4O9P3/c43-52(44,45)33-10-4-1-7-24(33)36-27-15-13-22(39-27)21-23-14-16-28(40-23)37(25-8-2-5-11-34(25)53(46,47)48)30-18-20-32(42-30)38(31-19-17-29(36)41-31)26-9-3-6-12-35(26)54(49,50)51/h1-21,39-42H,(H2,43,44,45)(H2,46,47,48)(H2,49,50,51). The highest BCUT2D eigenvalue weighted by atomic mass is 31.2. The molecule has 0 saturated carbocycles. The van der Waals surface area contributed by atoms with Gasteiger partial charge in [0.1, 0.15) is 0 Å². The molecule has 0 aliphatic carbocycles. The summed E-state index contributed by atoms with van der Waals surface area (Å²) in [5.74, 6) is 0. The first kappa shape index (κ1) is 35.7. The Balaban J connectivity index is 1.54. The summed E-state index contributed by atoms with van der Waals surface area (Å²) < 4.78 is 38.5. The van der Waals surface area contributed by atoms with Gasteiger partial charge >= 0.3 is 22.8 Å². The van der Waals surface area contributed by atoms with Crippen LogP contribution >= 0.6 is 22.8 Å². The van der Waals surface area contributed by atoms with Crippen LogP contribution in [0.4, 0.5) is 0 Å². The average Bonchev–Trinajstić information content (AvgIpc) is 3.95. The van der Waals surface area contributed by atoms with E-state index in [0.717, 1.165) is 0 Å². The molecular weight excluding hydrogens is 749 g/mol. The van der Waals surface area contributed by atoms with Gasteiger partial charge in [0.15, 0.2) is 0 Å². The number of fused-ring (bicyclic) bond motifs is 8. The van der Waals surface area contributed by atoms with Crippen molar-refractivity contribution in [3.05, 3.63) is 182 Å². The van der Waals surface area contributed by atoms with E-state index in [9.17, 15) is 43.1 Å². The van der Waals surface area contributed by atoms with Gasteiger partial charge < -0.3 is 49.3 Å². The van der Waals surface area contributed by atoms with E-state index in [0.29, 0.717) is 60.9 Å². The Labute approximate surface area is 305 Å². The molecule has 1 aliphatic heterocycles. The Morgan fingerprint density at radius 1 is 0.370 bits per heavy atom. The quantitative estimate of drug-likeness (QED) is 0.109. The number of hydrogen-bond acceptors (Lipinski definition) is 3. The number of nitrogens with one attached hydrogen (secondary N) is 4. The molecular formula is C38H31N4O9P3. The first-order valence-electron chi connectivity index (χ1n) is 16.4. The van der Waals surface area contributed by atoms with Crippen LogP contribution in [0.3, 0.4) is 0 Å². The van der Waals surface area contributed by atoms with E-state index >= 15 is 0 Å². The Kier molecular flexibility index (Phi) is 8.75. The van der Waals surface area contributed by atoms with E-state index in [2.05, 4.69) is 19.9 Å². The third kappa shape index (κ3) is 6.59. The highest BCUT2D eigenvalue weighted by Gasteiger charge is 2.28. The second-order valence-electron chi connectivity index (χ2n) is 12.7. The van der Waals surface area contributed by atoms with Crippen LogP contribution in [0.2, 0.25) is 0 Å². The predicted molar refractivity (Wildman–Crippen MR) is 204 cm³/mol. The van der Waals surface area contributed by atoms with Crippen molar-refractivity contribution >= 4 is 61.5 Å². The molecule has 0 atom stereocenters. The van der Waals surface area contributed by atoms with Gasteiger partial charge in [-0.15, -0.1) is 0 Å². The first-order chi connectivity index (χ1) is 25.7. The summed E-state index contributed by atoms with van der Waals surface area (Å²) in [5.41, 5.74) is 3.90. The molecule has 0 fully saturated rings. The van der Waals surface area contributed by atoms with Crippen molar-refractivity contribution in [1.82, 2.24) is 19.9 Å². The lowest BCUT2D eigenvalue weighted by Gasteiger charge is -2.15. The highest BCUT2D eigenvalue weighted by Crippen LogP contribution is 2.40. The number of H-pyrrole nitrogens is 4. The number of aromatic amines is 4. The van der Waals surface area contributed by atoms with Crippen molar-refractivity contribution in [2.75, 3.05) is 0 Å². The molecule has 0 saturated heterocycles. The number of aromatic nitrogens is 4. The lowest BCUT2D eigenvalue weighted by molar-refractivity contribution is 0.385. The van der Waals surface area contributed by atoms with Crippen LogP contribution in [0, 0.1) is 0 Å². The second-order valence-corrected chi connectivity index (χ2v) is 17.4. The van der Waals surface area contributed by atoms with Crippen LogP contribution in [0.15, 0.2) is 121 Å². The topological polar surface area (TPSA) is 236 Å². The molecule has 1 aliphatic rings. The van der Waals surface area contributed by atoms with Crippen LogP contribution in [0.25, 0.3) is 22.8 Å². The average molecular weight is 781 g/mol. The summed E-state index contributed by atoms with van der Waals surface area (Å²) in [6.07, 6.45) is 1.82. The van der Waals surface area contributed by atoms with Gasteiger partial charge in [0.2, 0.25) is 0 Å². The Morgan fingerprint density at radius 2 is 0.741 bits per heavy atom. The summed E-state index contributed by atoms with van der Waals surface area (Å²) in [6.45, 7) is 0. The van der Waals surface area contributed by atoms with Crippen molar-refractivity contribution < 1.29 is 43.1 Å². The van der Waals surface area contributed by atoms with Crippen molar-refractivity contribution in [2.45, 2.75) is 0 Å². The zero-order valence-electron chi connectivity index (χ0n) is 27.9. The SMILES string of the molecule is O=P(O)(O)c1ccccc1C1=c2ccc([nH]2)=Cc2ccc([nH]2)C(c2ccccc2P(=O)(O)O)=c2ccc([nH]2)=C(c2ccccc2P(=O)(O)O)c2ccc1[nH]2. The smallest absolute Gasteiger partial charge is 0.355 e. The largest absolute Gasteiger partial charge is 0.356 e. The van der Waals surface area contributed by atoms with E-state index in [4.69, 9.17) is 0 Å². The molecule has 5 heterocycles. The van der Waals surface area contributed by atoms with Gasteiger partial charge in [0.25, 0.3) is 0 Å². The van der Waals surface area contributed by atoms with Gasteiger partial charge in [0.05, 0.1) is 15.9 Å². The third-order valence-electron chi connectivity index (χ3n) is 9.18. The molecule has 54 heavy (non-hydrogen) atoms. The van der Waals surface area contributed by atoms with Gasteiger partial charge in [-0.1, -0.05) is 54.6 Å². The number of benzene rings is 3. The molecule has 4 aromatic heterocycles. The van der Waals surface area contributed by atoms with E-state index in [1.165, 1.54) is 24.3 Å². The fraction of sp³-hybridized carbons (Fsp3) is 0. The molecule has 0 unspecified atom stereocenters. The van der Waals surface area contributed by atoms with Crippen LogP contribution in [-0.2, 0) is 13.7 Å². The molecule has 16 heteroatoms. The summed E-state index contributed by atoms with van der Waals surface area (Å²) >= 11 is 0. The zero-order valence-corrected chi connectivity index (χ0v) is 30.6. The Morgan fingerprint density at radius 3 is 1.19 bits per heavy atom. The molecule has 0 radical (unpaired) electrons. The number of rotatable bonds is 6. The summed E-state index contributed by atoms with van der Waals surface area (Å²) in [6, 6.07) is 32.5.